The van der Waals surface area contributed by atoms with Gasteiger partial charge in [0.2, 0.25) is 0 Å². The van der Waals surface area contributed by atoms with Crippen LogP contribution in [0, 0.1) is 6.92 Å². The second-order valence-electron chi connectivity index (χ2n) is 5.79. The number of aryl methyl sites for hydroxylation is 1. The van der Waals surface area contributed by atoms with E-state index in [4.69, 9.17) is 4.74 Å². The number of benzene rings is 2. The van der Waals surface area contributed by atoms with E-state index < -0.39 is 5.97 Å². The van der Waals surface area contributed by atoms with E-state index in [1.807, 2.05) is 31.2 Å². The molecule has 0 atom stereocenters. The number of carbonyl (C=O) groups is 2. The Balaban J connectivity index is 1.57. The van der Waals surface area contributed by atoms with Gasteiger partial charge in [-0.2, -0.15) is 0 Å². The van der Waals surface area contributed by atoms with Crippen LogP contribution < -0.4 is 0 Å². The summed E-state index contributed by atoms with van der Waals surface area (Å²) in [6.07, 6.45) is 0. The highest BCUT2D eigenvalue weighted by Gasteiger charge is 2.15. The lowest BCUT2D eigenvalue weighted by atomic mass is 10.1. The maximum absolute atomic E-state index is 12.2. The van der Waals surface area contributed by atoms with Gasteiger partial charge in [-0.1, -0.05) is 24.3 Å². The Bertz CT molecular complexity index is 920. The van der Waals surface area contributed by atoms with E-state index in [1.165, 1.54) is 11.3 Å². The van der Waals surface area contributed by atoms with Crippen molar-refractivity contribution in [2.45, 2.75) is 13.5 Å². The number of hydrogen-bond donors (Lipinski definition) is 0. The van der Waals surface area contributed by atoms with E-state index in [9.17, 15) is 9.59 Å². The minimum atomic E-state index is -0.507. The molecule has 0 aliphatic rings. The van der Waals surface area contributed by atoms with Gasteiger partial charge >= 0.3 is 5.97 Å². The minimum absolute atomic E-state index is 0.240. The lowest BCUT2D eigenvalue weighted by molar-refractivity contribution is -0.133. The van der Waals surface area contributed by atoms with Crippen LogP contribution in [0.5, 0.6) is 0 Å². The van der Waals surface area contributed by atoms with Crippen molar-refractivity contribution in [3.05, 3.63) is 64.7 Å². The quantitative estimate of drug-likeness (QED) is 0.659. The summed E-state index contributed by atoms with van der Waals surface area (Å²) < 4.78 is 6.07. The number of likely N-dealkylation sites (N-methyl/N-ethyl adjacent to an activating group) is 1. The first-order valence-corrected chi connectivity index (χ1v) is 8.71. The molecule has 1 aromatic heterocycles. The zero-order chi connectivity index (χ0) is 17.8. The molecule has 6 heteroatoms. The number of aromatic nitrogens is 1. The molecule has 0 aliphatic heterocycles. The molecule has 0 saturated carbocycles. The normalized spacial score (nSPS) is 10.6. The van der Waals surface area contributed by atoms with Crippen LogP contribution in [0.4, 0.5) is 0 Å². The molecule has 0 bridgehead atoms. The van der Waals surface area contributed by atoms with E-state index >= 15 is 0 Å². The number of carbonyl (C=O) groups excluding carboxylic acids is 2. The number of nitrogens with zero attached hydrogens (tertiary/aromatic N) is 2. The number of rotatable bonds is 5. The third-order valence-corrected chi connectivity index (χ3v) is 4.78. The maximum atomic E-state index is 12.2. The molecule has 0 fully saturated rings. The highest BCUT2D eigenvalue weighted by Crippen LogP contribution is 2.19. The Hall–Kier alpha value is -2.73. The van der Waals surface area contributed by atoms with Crippen LogP contribution in [0.2, 0.25) is 0 Å². The highest BCUT2D eigenvalue weighted by atomic mass is 32.1. The van der Waals surface area contributed by atoms with Gasteiger partial charge in [0, 0.05) is 13.6 Å². The zero-order valence-corrected chi connectivity index (χ0v) is 14.9. The molecule has 1 heterocycles. The second-order valence-corrected chi connectivity index (χ2v) is 6.67. The first kappa shape index (κ1) is 17.1. The summed E-state index contributed by atoms with van der Waals surface area (Å²) in [5.41, 5.74) is 5.18. The SMILES string of the molecule is Cc1ccccc1CN(C)C(=O)COC(=O)c1ccc2ncsc2c1. The number of amides is 1. The maximum Gasteiger partial charge on any atom is 0.338 e. The van der Waals surface area contributed by atoms with Crippen LogP contribution in [-0.4, -0.2) is 35.4 Å². The van der Waals surface area contributed by atoms with Crippen molar-refractivity contribution in [1.29, 1.82) is 0 Å². The standard InChI is InChI=1S/C19H18N2O3S/c1-13-5-3-4-6-15(13)10-21(2)18(22)11-24-19(23)14-7-8-16-17(9-14)25-12-20-16/h3-9,12H,10-11H2,1-2H3. The van der Waals surface area contributed by atoms with Gasteiger partial charge in [0.1, 0.15) is 0 Å². The van der Waals surface area contributed by atoms with E-state index in [2.05, 4.69) is 4.98 Å². The summed E-state index contributed by atoms with van der Waals surface area (Å²) in [5, 5.41) is 0. The van der Waals surface area contributed by atoms with Crippen molar-refractivity contribution in [3.8, 4) is 0 Å². The lowest BCUT2D eigenvalue weighted by Crippen LogP contribution is -2.31. The fourth-order valence-electron chi connectivity index (χ4n) is 2.43. The van der Waals surface area contributed by atoms with Crippen LogP contribution in [-0.2, 0) is 16.1 Å². The van der Waals surface area contributed by atoms with Crippen molar-refractivity contribution in [2.24, 2.45) is 0 Å². The van der Waals surface area contributed by atoms with Crippen LogP contribution in [0.1, 0.15) is 21.5 Å². The third kappa shape index (κ3) is 4.03. The Morgan fingerprint density at radius 2 is 2.00 bits per heavy atom. The molecule has 0 saturated heterocycles. The van der Waals surface area contributed by atoms with E-state index in [0.717, 1.165) is 21.3 Å². The molecule has 0 aliphatic carbocycles. The smallest absolute Gasteiger partial charge is 0.338 e. The van der Waals surface area contributed by atoms with E-state index in [0.29, 0.717) is 12.1 Å². The van der Waals surface area contributed by atoms with Gasteiger partial charge in [-0.15, -0.1) is 11.3 Å². The first-order valence-electron chi connectivity index (χ1n) is 7.83. The third-order valence-electron chi connectivity index (χ3n) is 3.99. The van der Waals surface area contributed by atoms with Crippen LogP contribution in [0.3, 0.4) is 0 Å². The van der Waals surface area contributed by atoms with Gasteiger partial charge in [0.25, 0.3) is 5.91 Å². The van der Waals surface area contributed by atoms with Gasteiger partial charge in [-0.3, -0.25) is 4.79 Å². The molecule has 0 radical (unpaired) electrons. The highest BCUT2D eigenvalue weighted by molar-refractivity contribution is 7.16. The predicted octanol–water partition coefficient (Wildman–Crippen LogP) is 3.42. The van der Waals surface area contributed by atoms with Crippen LogP contribution >= 0.6 is 11.3 Å². The zero-order valence-electron chi connectivity index (χ0n) is 14.1. The molecular formula is C19H18N2O3S. The topological polar surface area (TPSA) is 59.5 Å². The van der Waals surface area contributed by atoms with Crippen molar-refractivity contribution in [2.75, 3.05) is 13.7 Å². The molecule has 5 nitrogen and oxygen atoms in total. The van der Waals surface area contributed by atoms with Gasteiger partial charge in [-0.25, -0.2) is 9.78 Å². The summed E-state index contributed by atoms with van der Waals surface area (Å²) in [4.78, 5) is 30.1. The molecule has 3 rings (SSSR count). The van der Waals surface area contributed by atoms with Crippen LogP contribution in [0.15, 0.2) is 48.0 Å². The van der Waals surface area contributed by atoms with Gasteiger partial charge in [-0.05, 0) is 36.2 Å². The predicted molar refractivity (Wildman–Crippen MR) is 97.6 cm³/mol. The number of ether oxygens (including phenoxy) is 1. The second kappa shape index (κ2) is 7.44. The fourth-order valence-corrected chi connectivity index (χ4v) is 3.15. The molecule has 2 aromatic carbocycles. The van der Waals surface area contributed by atoms with E-state index in [-0.39, 0.29) is 12.5 Å². The molecule has 25 heavy (non-hydrogen) atoms. The molecular weight excluding hydrogens is 336 g/mol. The average molecular weight is 354 g/mol. The molecule has 1 amide bonds. The summed E-state index contributed by atoms with van der Waals surface area (Å²) in [6, 6.07) is 13.1. The summed E-state index contributed by atoms with van der Waals surface area (Å²) in [6.45, 7) is 2.21. The van der Waals surface area contributed by atoms with Crippen molar-refractivity contribution < 1.29 is 14.3 Å². The Labute approximate surface area is 149 Å². The van der Waals surface area contributed by atoms with Crippen molar-refractivity contribution >= 4 is 33.4 Å². The number of hydrogen-bond acceptors (Lipinski definition) is 5. The summed E-state index contributed by atoms with van der Waals surface area (Å²) >= 11 is 1.46. The van der Waals surface area contributed by atoms with Crippen LogP contribution in [0.25, 0.3) is 10.2 Å². The lowest BCUT2D eigenvalue weighted by Gasteiger charge is -2.18. The summed E-state index contributed by atoms with van der Waals surface area (Å²) in [5.74, 6) is -0.747. The van der Waals surface area contributed by atoms with Gasteiger partial charge in [0.15, 0.2) is 6.61 Å². The molecule has 0 N–H and O–H groups in total. The van der Waals surface area contributed by atoms with Gasteiger partial charge < -0.3 is 9.64 Å². The molecule has 0 spiro atoms. The van der Waals surface area contributed by atoms with E-state index in [1.54, 1.807) is 35.7 Å². The largest absolute Gasteiger partial charge is 0.452 e. The minimum Gasteiger partial charge on any atom is -0.452 e. The first-order chi connectivity index (χ1) is 12.0. The summed E-state index contributed by atoms with van der Waals surface area (Å²) in [7, 11) is 1.70. The Morgan fingerprint density at radius 1 is 1.20 bits per heavy atom. The molecule has 0 unspecified atom stereocenters. The average Bonchev–Trinajstić information content (AvgIpc) is 3.08. The van der Waals surface area contributed by atoms with Crippen molar-refractivity contribution in [3.63, 3.8) is 0 Å². The Morgan fingerprint density at radius 3 is 2.80 bits per heavy atom. The Kier molecular flexibility index (Phi) is 5.09. The number of fused-ring (bicyclic) bond motifs is 1. The van der Waals surface area contributed by atoms with Gasteiger partial charge in [0.05, 0.1) is 21.3 Å². The fraction of sp³-hybridized carbons (Fsp3) is 0.211. The monoisotopic (exact) mass is 354 g/mol. The molecule has 128 valence electrons. The molecule has 3 aromatic rings. The van der Waals surface area contributed by atoms with Crippen molar-refractivity contribution in [1.82, 2.24) is 9.88 Å². The number of thiazole rings is 1. The number of esters is 1.